The molecule has 7 rings (SSSR count). The number of aromatic hydroxyl groups is 1. The molecule has 0 radical (unpaired) electrons. The van der Waals surface area contributed by atoms with E-state index in [1.807, 2.05) is 12.1 Å². The molecule has 0 aromatic heterocycles. The topological polar surface area (TPSA) is 20.2 Å². The second kappa shape index (κ2) is 8.22. The highest BCUT2D eigenvalue weighted by Crippen LogP contribution is 2.50. The highest BCUT2D eigenvalue weighted by atomic mass is 79.9. The van der Waals surface area contributed by atoms with Crippen molar-refractivity contribution in [2.24, 2.45) is 0 Å². The summed E-state index contributed by atoms with van der Waals surface area (Å²) in [5.41, 5.74) is 4.62. The van der Waals surface area contributed by atoms with Crippen molar-refractivity contribution in [3.63, 3.8) is 0 Å². The zero-order valence-corrected chi connectivity index (χ0v) is 21.0. The molecule has 7 aromatic carbocycles. The molecule has 36 heavy (non-hydrogen) atoms. The van der Waals surface area contributed by atoms with Gasteiger partial charge in [-0.15, -0.1) is 0 Å². The monoisotopic (exact) mass is 524 g/mol. The lowest BCUT2D eigenvalue weighted by Crippen LogP contribution is -1.94. The van der Waals surface area contributed by atoms with E-state index in [-0.39, 0.29) is 5.75 Å². The van der Waals surface area contributed by atoms with Crippen LogP contribution in [0.15, 0.2) is 126 Å². The standard InChI is InChI=1S/C34H21BrO/c35-29-19-27-28(20-30(29)36)32(22-13-5-2-6-14-22)34-26-18-10-8-16-24(26)23-15-7-9-17-25(23)33(34)31(27)21-11-3-1-4-12-21/h1-20,36H. The molecule has 0 amide bonds. The van der Waals surface area contributed by atoms with Gasteiger partial charge in [0.05, 0.1) is 4.47 Å². The van der Waals surface area contributed by atoms with E-state index in [1.165, 1.54) is 37.9 Å². The van der Waals surface area contributed by atoms with Gasteiger partial charge in [-0.1, -0.05) is 109 Å². The summed E-state index contributed by atoms with van der Waals surface area (Å²) in [6, 6.07) is 42.6. The molecule has 170 valence electrons. The predicted molar refractivity (Wildman–Crippen MR) is 157 cm³/mol. The van der Waals surface area contributed by atoms with E-state index >= 15 is 0 Å². The molecule has 0 fully saturated rings. The second-order valence-electron chi connectivity index (χ2n) is 9.17. The Kier molecular flexibility index (Phi) is 4.83. The van der Waals surface area contributed by atoms with Gasteiger partial charge in [-0.25, -0.2) is 0 Å². The first-order valence-electron chi connectivity index (χ1n) is 12.0. The highest BCUT2D eigenvalue weighted by molar-refractivity contribution is 9.10. The SMILES string of the molecule is Oc1cc2c(-c3ccccc3)c3c4ccccc4c4ccccc4c3c(-c3ccccc3)c2cc1Br. The molecule has 1 N–H and O–H groups in total. The van der Waals surface area contributed by atoms with Crippen molar-refractivity contribution < 1.29 is 5.11 Å². The van der Waals surface area contributed by atoms with E-state index < -0.39 is 0 Å². The second-order valence-corrected chi connectivity index (χ2v) is 10.0. The van der Waals surface area contributed by atoms with Crippen LogP contribution in [-0.2, 0) is 0 Å². The Morgan fingerprint density at radius 3 is 1.28 bits per heavy atom. The zero-order valence-electron chi connectivity index (χ0n) is 19.4. The Balaban J connectivity index is 1.90. The van der Waals surface area contributed by atoms with Crippen LogP contribution in [0.25, 0.3) is 65.3 Å². The Hall–Kier alpha value is -4.14. The molecule has 0 unspecified atom stereocenters. The Morgan fingerprint density at radius 1 is 0.417 bits per heavy atom. The van der Waals surface area contributed by atoms with E-state index in [2.05, 4.69) is 125 Å². The molecule has 0 bridgehead atoms. The van der Waals surface area contributed by atoms with Crippen LogP contribution in [0.3, 0.4) is 0 Å². The molecule has 0 aliphatic heterocycles. The van der Waals surface area contributed by atoms with Crippen LogP contribution in [-0.4, -0.2) is 5.11 Å². The van der Waals surface area contributed by atoms with Crippen LogP contribution < -0.4 is 0 Å². The number of fused-ring (bicyclic) bond motifs is 7. The Bertz CT molecular complexity index is 1800. The van der Waals surface area contributed by atoms with Gasteiger partial charge >= 0.3 is 0 Å². The van der Waals surface area contributed by atoms with E-state index in [9.17, 15) is 5.11 Å². The van der Waals surface area contributed by atoms with Crippen LogP contribution in [0, 0.1) is 0 Å². The predicted octanol–water partition coefficient (Wildman–Crippen LogP) is 10.1. The molecular weight excluding hydrogens is 504 g/mol. The first-order chi connectivity index (χ1) is 17.7. The summed E-state index contributed by atoms with van der Waals surface area (Å²) in [6.07, 6.45) is 0. The average Bonchev–Trinajstić information content (AvgIpc) is 2.94. The van der Waals surface area contributed by atoms with Crippen molar-refractivity contribution in [3.8, 4) is 28.0 Å². The number of hydrogen-bond donors (Lipinski definition) is 1. The van der Waals surface area contributed by atoms with Crippen LogP contribution in [0.1, 0.15) is 0 Å². The Labute approximate surface area is 217 Å². The van der Waals surface area contributed by atoms with Crippen molar-refractivity contribution in [2.45, 2.75) is 0 Å². The summed E-state index contributed by atoms with van der Waals surface area (Å²) in [4.78, 5) is 0. The Morgan fingerprint density at radius 2 is 0.806 bits per heavy atom. The minimum absolute atomic E-state index is 0.239. The third-order valence-corrected chi connectivity index (χ3v) is 7.82. The molecule has 0 aliphatic rings. The molecule has 0 saturated heterocycles. The van der Waals surface area contributed by atoms with Gasteiger partial charge < -0.3 is 5.11 Å². The average molecular weight is 525 g/mol. The normalized spacial score (nSPS) is 11.6. The molecule has 0 aliphatic carbocycles. The third-order valence-electron chi connectivity index (χ3n) is 7.18. The van der Waals surface area contributed by atoms with E-state index in [0.717, 1.165) is 27.5 Å². The van der Waals surface area contributed by atoms with Crippen LogP contribution in [0.4, 0.5) is 0 Å². The summed E-state index contributed by atoms with van der Waals surface area (Å²) < 4.78 is 0.690. The molecule has 0 saturated carbocycles. The zero-order chi connectivity index (χ0) is 24.2. The third kappa shape index (κ3) is 3.08. The van der Waals surface area contributed by atoms with Crippen LogP contribution in [0.5, 0.6) is 5.75 Å². The number of rotatable bonds is 2. The minimum atomic E-state index is 0.239. The van der Waals surface area contributed by atoms with Crippen molar-refractivity contribution in [2.75, 3.05) is 0 Å². The highest BCUT2D eigenvalue weighted by Gasteiger charge is 2.22. The lowest BCUT2D eigenvalue weighted by molar-refractivity contribution is 0.473. The fraction of sp³-hybridized carbons (Fsp3) is 0. The number of hydrogen-bond acceptors (Lipinski definition) is 1. The molecule has 1 nitrogen and oxygen atoms in total. The number of halogens is 1. The van der Waals surface area contributed by atoms with Crippen LogP contribution in [0.2, 0.25) is 0 Å². The molecule has 7 aromatic rings. The number of phenols is 1. The lowest BCUT2D eigenvalue weighted by atomic mass is 9.81. The molecule has 0 spiro atoms. The van der Waals surface area contributed by atoms with Gasteiger partial charge in [-0.3, -0.25) is 0 Å². The first kappa shape index (κ1) is 21.2. The summed E-state index contributed by atoms with van der Waals surface area (Å²) >= 11 is 3.61. The van der Waals surface area contributed by atoms with E-state index in [4.69, 9.17) is 0 Å². The molecule has 0 heterocycles. The quantitative estimate of drug-likeness (QED) is 0.176. The van der Waals surface area contributed by atoms with Crippen molar-refractivity contribution in [3.05, 3.63) is 126 Å². The fourth-order valence-electron chi connectivity index (χ4n) is 5.71. The van der Waals surface area contributed by atoms with Gasteiger partial charge in [0.2, 0.25) is 0 Å². The van der Waals surface area contributed by atoms with Gasteiger partial charge in [-0.05, 0) is 93.4 Å². The molecule has 0 atom stereocenters. The maximum atomic E-state index is 10.9. The minimum Gasteiger partial charge on any atom is -0.507 e. The van der Waals surface area contributed by atoms with Crippen molar-refractivity contribution in [1.29, 1.82) is 0 Å². The van der Waals surface area contributed by atoms with E-state index in [0.29, 0.717) is 4.47 Å². The lowest BCUT2D eigenvalue weighted by Gasteiger charge is -2.22. The van der Waals surface area contributed by atoms with Gasteiger partial charge in [0.15, 0.2) is 0 Å². The summed E-state index contributed by atoms with van der Waals surface area (Å²) in [6.45, 7) is 0. The smallest absolute Gasteiger partial charge is 0.130 e. The van der Waals surface area contributed by atoms with E-state index in [1.54, 1.807) is 0 Å². The maximum absolute atomic E-state index is 10.9. The first-order valence-corrected chi connectivity index (χ1v) is 12.8. The van der Waals surface area contributed by atoms with Crippen LogP contribution >= 0.6 is 15.9 Å². The van der Waals surface area contributed by atoms with Crippen molar-refractivity contribution in [1.82, 2.24) is 0 Å². The fourth-order valence-corrected chi connectivity index (χ4v) is 6.06. The molecule has 2 heteroatoms. The largest absolute Gasteiger partial charge is 0.507 e. The molecular formula is C34H21BrO. The van der Waals surface area contributed by atoms with Gasteiger partial charge in [0, 0.05) is 0 Å². The summed E-state index contributed by atoms with van der Waals surface area (Å²) in [7, 11) is 0. The summed E-state index contributed by atoms with van der Waals surface area (Å²) in [5.74, 6) is 0.239. The number of phenolic OH excluding ortho intramolecular Hbond substituents is 1. The van der Waals surface area contributed by atoms with Crippen molar-refractivity contribution >= 4 is 59.0 Å². The van der Waals surface area contributed by atoms with Gasteiger partial charge in [-0.2, -0.15) is 0 Å². The van der Waals surface area contributed by atoms with Gasteiger partial charge in [0.25, 0.3) is 0 Å². The number of benzene rings is 7. The maximum Gasteiger partial charge on any atom is 0.130 e. The summed E-state index contributed by atoms with van der Waals surface area (Å²) in [5, 5.41) is 20.4. The van der Waals surface area contributed by atoms with Gasteiger partial charge in [0.1, 0.15) is 5.75 Å².